The Balaban J connectivity index is 2.10. The highest BCUT2D eigenvalue weighted by Gasteiger charge is 2.05. The first-order chi connectivity index (χ1) is 7.66. The lowest BCUT2D eigenvalue weighted by Gasteiger charge is -2.07. The van der Waals surface area contributed by atoms with Gasteiger partial charge in [0.1, 0.15) is 5.75 Å². The maximum Gasteiger partial charge on any atom is 0.143 e. The van der Waals surface area contributed by atoms with Crippen LogP contribution in [-0.2, 0) is 6.54 Å². The lowest BCUT2D eigenvalue weighted by molar-refractivity contribution is 0.468. The Kier molecular flexibility index (Phi) is 3.50. The molecule has 0 saturated carbocycles. The van der Waals surface area contributed by atoms with E-state index in [0.717, 1.165) is 11.3 Å². The van der Waals surface area contributed by atoms with Crippen molar-refractivity contribution in [3.05, 3.63) is 39.0 Å². The minimum Gasteiger partial charge on any atom is -0.506 e. The van der Waals surface area contributed by atoms with Gasteiger partial charge in [-0.1, -0.05) is 0 Å². The van der Waals surface area contributed by atoms with E-state index in [1.54, 1.807) is 12.4 Å². The van der Waals surface area contributed by atoms with Crippen LogP contribution < -0.4 is 5.32 Å². The van der Waals surface area contributed by atoms with Crippen molar-refractivity contribution in [2.24, 2.45) is 0 Å². The third-order valence-corrected chi connectivity index (χ3v) is 3.28. The molecule has 0 amide bonds. The highest BCUT2D eigenvalue weighted by atomic mass is 79.9. The normalized spacial score (nSPS) is 10.4. The molecule has 0 spiro atoms. The Hall–Kier alpha value is -1.01. The number of hydrogen-bond donors (Lipinski definition) is 3. The molecular formula is C10H9Br2N3O. The van der Waals surface area contributed by atoms with Gasteiger partial charge in [-0.2, -0.15) is 5.10 Å². The SMILES string of the molecule is Oc1c(Br)cc(CNc2cn[nH]c2)cc1Br. The third-order valence-electron chi connectivity index (χ3n) is 2.07. The summed E-state index contributed by atoms with van der Waals surface area (Å²) in [6.07, 6.45) is 3.50. The zero-order valence-corrected chi connectivity index (χ0v) is 11.3. The van der Waals surface area contributed by atoms with Gasteiger partial charge in [0.25, 0.3) is 0 Å². The minimum absolute atomic E-state index is 0.215. The number of phenolic OH excluding ortho intramolecular Hbond substituents is 1. The fourth-order valence-corrected chi connectivity index (χ4v) is 2.55. The van der Waals surface area contributed by atoms with Gasteiger partial charge < -0.3 is 10.4 Å². The molecule has 0 aliphatic heterocycles. The van der Waals surface area contributed by atoms with Crippen molar-refractivity contribution in [2.75, 3.05) is 5.32 Å². The number of H-pyrrole nitrogens is 1. The molecule has 84 valence electrons. The van der Waals surface area contributed by atoms with Crippen LogP contribution in [0.3, 0.4) is 0 Å². The summed E-state index contributed by atoms with van der Waals surface area (Å²) in [5.41, 5.74) is 1.98. The van der Waals surface area contributed by atoms with Crippen molar-refractivity contribution in [3.63, 3.8) is 0 Å². The first-order valence-corrected chi connectivity index (χ1v) is 6.15. The molecular weight excluding hydrogens is 338 g/mol. The van der Waals surface area contributed by atoms with Gasteiger partial charge in [0, 0.05) is 12.7 Å². The van der Waals surface area contributed by atoms with Gasteiger partial charge in [0.2, 0.25) is 0 Å². The predicted molar refractivity (Wildman–Crippen MR) is 69.4 cm³/mol. The van der Waals surface area contributed by atoms with Crippen LogP contribution in [0.2, 0.25) is 0 Å². The number of benzene rings is 1. The molecule has 2 rings (SSSR count). The molecule has 6 heteroatoms. The van der Waals surface area contributed by atoms with Crippen molar-refractivity contribution in [1.29, 1.82) is 0 Å². The summed E-state index contributed by atoms with van der Waals surface area (Å²) in [5, 5.41) is 19.3. The summed E-state index contributed by atoms with van der Waals surface area (Å²) < 4.78 is 1.34. The Bertz CT molecular complexity index is 462. The number of phenols is 1. The standard InChI is InChI=1S/C10H9Br2N3O/c11-8-1-6(2-9(12)10(8)16)3-13-7-4-14-15-5-7/h1-2,4-5,13,16H,3H2,(H,14,15). The van der Waals surface area contributed by atoms with Gasteiger partial charge in [0.05, 0.1) is 20.8 Å². The van der Waals surface area contributed by atoms with E-state index in [-0.39, 0.29) is 5.75 Å². The van der Waals surface area contributed by atoms with Crippen molar-refractivity contribution in [2.45, 2.75) is 6.54 Å². The van der Waals surface area contributed by atoms with Crippen molar-refractivity contribution in [1.82, 2.24) is 10.2 Å². The Morgan fingerprint density at radius 1 is 1.31 bits per heavy atom. The summed E-state index contributed by atoms with van der Waals surface area (Å²) in [6.45, 7) is 0.664. The summed E-state index contributed by atoms with van der Waals surface area (Å²) in [5.74, 6) is 0.215. The number of aromatic amines is 1. The molecule has 0 saturated heterocycles. The molecule has 0 bridgehead atoms. The second-order valence-corrected chi connectivity index (χ2v) is 4.96. The number of hydrogen-bond acceptors (Lipinski definition) is 3. The van der Waals surface area contributed by atoms with Crippen LogP contribution in [0.1, 0.15) is 5.56 Å². The third kappa shape index (κ3) is 2.56. The van der Waals surface area contributed by atoms with E-state index in [4.69, 9.17) is 0 Å². The van der Waals surface area contributed by atoms with Crippen LogP contribution in [0.25, 0.3) is 0 Å². The molecule has 0 unspecified atom stereocenters. The fraction of sp³-hybridized carbons (Fsp3) is 0.100. The minimum atomic E-state index is 0.215. The molecule has 1 aromatic heterocycles. The molecule has 0 aliphatic rings. The molecule has 0 atom stereocenters. The van der Waals surface area contributed by atoms with Gasteiger partial charge in [-0.3, -0.25) is 5.10 Å². The molecule has 2 aromatic rings. The highest BCUT2D eigenvalue weighted by Crippen LogP contribution is 2.33. The largest absolute Gasteiger partial charge is 0.506 e. The Morgan fingerprint density at radius 2 is 2.00 bits per heavy atom. The number of nitrogens with one attached hydrogen (secondary N) is 2. The van der Waals surface area contributed by atoms with E-state index >= 15 is 0 Å². The average Bonchev–Trinajstić information content (AvgIpc) is 2.75. The van der Waals surface area contributed by atoms with Crippen LogP contribution >= 0.6 is 31.9 Å². The zero-order chi connectivity index (χ0) is 11.5. The van der Waals surface area contributed by atoms with Crippen LogP contribution in [0.5, 0.6) is 5.75 Å². The van der Waals surface area contributed by atoms with Crippen molar-refractivity contribution in [3.8, 4) is 5.75 Å². The fourth-order valence-electron chi connectivity index (χ4n) is 1.27. The maximum atomic E-state index is 9.55. The average molecular weight is 347 g/mol. The van der Waals surface area contributed by atoms with Crippen LogP contribution in [0, 0.1) is 0 Å². The molecule has 1 aromatic carbocycles. The molecule has 3 N–H and O–H groups in total. The topological polar surface area (TPSA) is 60.9 Å². The van der Waals surface area contributed by atoms with E-state index in [2.05, 4.69) is 47.4 Å². The summed E-state index contributed by atoms with van der Waals surface area (Å²) in [4.78, 5) is 0. The quantitative estimate of drug-likeness (QED) is 0.799. The number of halogens is 2. The summed E-state index contributed by atoms with van der Waals surface area (Å²) in [7, 11) is 0. The number of anilines is 1. The monoisotopic (exact) mass is 345 g/mol. The van der Waals surface area contributed by atoms with Gasteiger partial charge in [-0.25, -0.2) is 0 Å². The van der Waals surface area contributed by atoms with Crippen LogP contribution in [-0.4, -0.2) is 15.3 Å². The van der Waals surface area contributed by atoms with Crippen LogP contribution in [0.15, 0.2) is 33.5 Å². The second-order valence-electron chi connectivity index (χ2n) is 3.25. The summed E-state index contributed by atoms with van der Waals surface area (Å²) in [6, 6.07) is 3.74. The lowest BCUT2D eigenvalue weighted by atomic mass is 10.2. The molecule has 0 fully saturated rings. The van der Waals surface area contributed by atoms with Crippen LogP contribution in [0.4, 0.5) is 5.69 Å². The molecule has 1 heterocycles. The van der Waals surface area contributed by atoms with Gasteiger partial charge in [-0.15, -0.1) is 0 Å². The van der Waals surface area contributed by atoms with E-state index in [1.165, 1.54) is 0 Å². The first kappa shape index (κ1) is 11.5. The number of aromatic nitrogens is 2. The van der Waals surface area contributed by atoms with Gasteiger partial charge in [-0.05, 0) is 49.6 Å². The Labute approximate surface area is 109 Å². The lowest BCUT2D eigenvalue weighted by Crippen LogP contribution is -1.98. The zero-order valence-electron chi connectivity index (χ0n) is 8.17. The highest BCUT2D eigenvalue weighted by molar-refractivity contribution is 9.11. The maximum absolute atomic E-state index is 9.55. The van der Waals surface area contributed by atoms with E-state index in [0.29, 0.717) is 15.5 Å². The first-order valence-electron chi connectivity index (χ1n) is 4.56. The molecule has 0 radical (unpaired) electrons. The Morgan fingerprint density at radius 3 is 2.56 bits per heavy atom. The number of rotatable bonds is 3. The predicted octanol–water partition coefficient (Wildman–Crippen LogP) is 3.25. The van der Waals surface area contributed by atoms with Gasteiger partial charge in [0.15, 0.2) is 0 Å². The molecule has 0 aliphatic carbocycles. The number of nitrogens with zero attached hydrogens (tertiary/aromatic N) is 1. The smallest absolute Gasteiger partial charge is 0.143 e. The molecule has 16 heavy (non-hydrogen) atoms. The van der Waals surface area contributed by atoms with Crippen molar-refractivity contribution < 1.29 is 5.11 Å². The summed E-state index contributed by atoms with van der Waals surface area (Å²) >= 11 is 6.58. The molecule has 4 nitrogen and oxygen atoms in total. The van der Waals surface area contributed by atoms with E-state index in [1.807, 2.05) is 12.1 Å². The van der Waals surface area contributed by atoms with Crippen molar-refractivity contribution >= 4 is 37.5 Å². The van der Waals surface area contributed by atoms with Gasteiger partial charge >= 0.3 is 0 Å². The van der Waals surface area contributed by atoms with E-state index in [9.17, 15) is 5.11 Å². The number of aromatic hydroxyl groups is 1. The second kappa shape index (κ2) is 4.88. The van der Waals surface area contributed by atoms with E-state index < -0.39 is 0 Å².